The van der Waals surface area contributed by atoms with Crippen LogP contribution in [0.4, 0.5) is 0 Å². The van der Waals surface area contributed by atoms with Gasteiger partial charge >= 0.3 is 0 Å². The number of benzene rings is 2. The van der Waals surface area contributed by atoms with E-state index in [2.05, 4.69) is 27.6 Å². The minimum atomic E-state index is 0.0724. The third kappa shape index (κ3) is 7.24. The topological polar surface area (TPSA) is 63.1 Å². The molecule has 0 atom stereocenters. The van der Waals surface area contributed by atoms with Crippen molar-refractivity contribution in [2.45, 2.75) is 24.4 Å². The number of nitrogens with one attached hydrogen (secondary N) is 1. The fourth-order valence-corrected chi connectivity index (χ4v) is 4.28. The summed E-state index contributed by atoms with van der Waals surface area (Å²) < 4.78 is 2.01. The molecule has 1 aromatic heterocycles. The molecule has 0 fully saturated rings. The van der Waals surface area contributed by atoms with E-state index in [1.54, 1.807) is 17.8 Å². The Morgan fingerprint density at radius 1 is 1.09 bits per heavy atom. The van der Waals surface area contributed by atoms with Crippen molar-refractivity contribution < 1.29 is 4.79 Å². The van der Waals surface area contributed by atoms with Gasteiger partial charge in [0, 0.05) is 31.7 Å². The number of aromatic nitrogens is 3. The second kappa shape index (κ2) is 12.3. The van der Waals surface area contributed by atoms with Crippen LogP contribution in [-0.4, -0.2) is 58.5 Å². The summed E-state index contributed by atoms with van der Waals surface area (Å²) in [5, 5.41) is 13.6. The van der Waals surface area contributed by atoms with Gasteiger partial charge in [0.2, 0.25) is 5.91 Å². The van der Waals surface area contributed by atoms with Crippen molar-refractivity contribution in [2.75, 3.05) is 32.9 Å². The summed E-state index contributed by atoms with van der Waals surface area (Å²) in [5.41, 5.74) is 2.01. The van der Waals surface area contributed by atoms with E-state index in [1.807, 2.05) is 53.9 Å². The molecule has 0 aliphatic heterocycles. The summed E-state index contributed by atoms with van der Waals surface area (Å²) in [7, 11) is 3.97. The van der Waals surface area contributed by atoms with Gasteiger partial charge in [-0.2, -0.15) is 0 Å². The van der Waals surface area contributed by atoms with E-state index in [1.165, 1.54) is 0 Å². The molecule has 32 heavy (non-hydrogen) atoms. The van der Waals surface area contributed by atoms with Crippen molar-refractivity contribution in [3.8, 4) is 5.69 Å². The van der Waals surface area contributed by atoms with Crippen LogP contribution in [0.1, 0.15) is 24.2 Å². The van der Waals surface area contributed by atoms with Gasteiger partial charge in [-0.3, -0.25) is 9.36 Å². The van der Waals surface area contributed by atoms with Crippen LogP contribution < -0.4 is 5.32 Å². The van der Waals surface area contributed by atoms with Crippen LogP contribution in [0.25, 0.3) is 5.69 Å². The minimum absolute atomic E-state index is 0.0724. The molecule has 170 valence electrons. The Morgan fingerprint density at radius 3 is 2.59 bits per heavy atom. The molecule has 0 spiro atoms. The lowest BCUT2D eigenvalue weighted by Gasteiger charge is -2.12. The van der Waals surface area contributed by atoms with E-state index in [9.17, 15) is 4.79 Å². The molecule has 2 aromatic carbocycles. The molecule has 1 amide bonds. The van der Waals surface area contributed by atoms with Gasteiger partial charge in [0.1, 0.15) is 5.82 Å². The summed E-state index contributed by atoms with van der Waals surface area (Å²) in [6, 6.07) is 15.6. The Kier molecular flexibility index (Phi) is 9.41. The van der Waals surface area contributed by atoms with Crippen LogP contribution in [0, 0.1) is 0 Å². The second-order valence-electron chi connectivity index (χ2n) is 7.60. The Bertz CT molecular complexity index is 1030. The molecular weight excluding hydrogens is 465 g/mol. The molecule has 0 aliphatic rings. The first-order valence-corrected chi connectivity index (χ1v) is 12.2. The Morgan fingerprint density at radius 2 is 1.88 bits per heavy atom. The van der Waals surface area contributed by atoms with Crippen molar-refractivity contribution in [1.29, 1.82) is 0 Å². The number of hydrogen-bond acceptors (Lipinski definition) is 5. The fraction of sp³-hybridized carbons (Fsp3) is 0.348. The highest BCUT2D eigenvalue weighted by molar-refractivity contribution is 7.99. The Labute approximate surface area is 203 Å². The molecule has 0 radical (unpaired) electrons. The smallest absolute Gasteiger partial charge is 0.220 e. The average Bonchev–Trinajstić information content (AvgIpc) is 3.16. The summed E-state index contributed by atoms with van der Waals surface area (Å²) in [6.07, 6.45) is 1.88. The van der Waals surface area contributed by atoms with Crippen LogP contribution in [0.5, 0.6) is 0 Å². The second-order valence-corrected chi connectivity index (χ2v) is 9.48. The number of amides is 1. The average molecular weight is 492 g/mol. The van der Waals surface area contributed by atoms with Crippen molar-refractivity contribution in [2.24, 2.45) is 0 Å². The minimum Gasteiger partial charge on any atom is -0.355 e. The number of halogens is 2. The van der Waals surface area contributed by atoms with Crippen molar-refractivity contribution in [3.05, 3.63) is 70.0 Å². The van der Waals surface area contributed by atoms with E-state index in [4.69, 9.17) is 23.2 Å². The molecule has 0 saturated heterocycles. The lowest BCUT2D eigenvalue weighted by atomic mass is 10.1. The first kappa shape index (κ1) is 24.6. The molecule has 1 heterocycles. The summed E-state index contributed by atoms with van der Waals surface area (Å²) in [4.78, 5) is 14.0. The van der Waals surface area contributed by atoms with Gasteiger partial charge in [0.15, 0.2) is 5.16 Å². The molecule has 3 aromatic rings. The molecule has 0 aliphatic carbocycles. The molecule has 6 nitrogen and oxygen atoms in total. The van der Waals surface area contributed by atoms with Gasteiger partial charge in [-0.05, 0) is 44.3 Å². The molecule has 0 unspecified atom stereocenters. The quantitative estimate of drug-likeness (QED) is 0.310. The highest BCUT2D eigenvalue weighted by atomic mass is 35.5. The van der Waals surface area contributed by atoms with Crippen molar-refractivity contribution in [1.82, 2.24) is 25.0 Å². The van der Waals surface area contributed by atoms with E-state index in [0.717, 1.165) is 41.0 Å². The standard InChI is InChI=1S/C23H27Cl2N5OS/c1-29(2)13-12-26-22(31)9-6-14-32-23-28-27-21(15-17-7-4-3-5-8-17)30(23)18-10-11-19(24)20(25)16-18/h3-5,7-8,10-11,16H,6,9,12-15H2,1-2H3,(H,26,31). The van der Waals surface area contributed by atoms with Crippen molar-refractivity contribution in [3.63, 3.8) is 0 Å². The zero-order valence-electron chi connectivity index (χ0n) is 18.2. The number of nitrogens with zero attached hydrogens (tertiary/aromatic N) is 4. The van der Waals surface area contributed by atoms with Crippen LogP contribution in [0.15, 0.2) is 53.7 Å². The van der Waals surface area contributed by atoms with E-state index < -0.39 is 0 Å². The highest BCUT2D eigenvalue weighted by Gasteiger charge is 2.16. The van der Waals surface area contributed by atoms with Gasteiger partial charge in [-0.25, -0.2) is 0 Å². The predicted octanol–water partition coefficient (Wildman–Crippen LogP) is 4.72. The lowest BCUT2D eigenvalue weighted by Crippen LogP contribution is -2.31. The first-order chi connectivity index (χ1) is 15.4. The normalized spacial score (nSPS) is 11.2. The molecular formula is C23H27Cl2N5OS. The number of thioether (sulfide) groups is 1. The maximum Gasteiger partial charge on any atom is 0.220 e. The number of likely N-dealkylation sites (N-methyl/N-ethyl adjacent to an activating group) is 1. The number of hydrogen-bond donors (Lipinski definition) is 1. The lowest BCUT2D eigenvalue weighted by molar-refractivity contribution is -0.121. The fourth-order valence-electron chi connectivity index (χ4n) is 3.07. The van der Waals surface area contributed by atoms with Crippen LogP contribution in [0.2, 0.25) is 10.0 Å². The molecule has 3 rings (SSSR count). The molecule has 0 bridgehead atoms. The van der Waals surface area contributed by atoms with Crippen LogP contribution in [0.3, 0.4) is 0 Å². The third-order valence-corrected chi connectivity index (χ3v) is 6.48. The first-order valence-electron chi connectivity index (χ1n) is 10.4. The zero-order chi connectivity index (χ0) is 22.9. The third-order valence-electron chi connectivity index (χ3n) is 4.73. The molecule has 9 heteroatoms. The van der Waals surface area contributed by atoms with E-state index in [0.29, 0.717) is 29.4 Å². The largest absolute Gasteiger partial charge is 0.355 e. The van der Waals surface area contributed by atoms with Crippen LogP contribution >= 0.6 is 35.0 Å². The highest BCUT2D eigenvalue weighted by Crippen LogP contribution is 2.29. The summed E-state index contributed by atoms with van der Waals surface area (Å²) >= 11 is 14.0. The van der Waals surface area contributed by atoms with Crippen LogP contribution in [-0.2, 0) is 11.2 Å². The van der Waals surface area contributed by atoms with E-state index >= 15 is 0 Å². The maximum absolute atomic E-state index is 12.0. The summed E-state index contributed by atoms with van der Waals surface area (Å²) in [6.45, 7) is 1.49. The van der Waals surface area contributed by atoms with Gasteiger partial charge in [-0.15, -0.1) is 10.2 Å². The SMILES string of the molecule is CN(C)CCNC(=O)CCCSc1nnc(Cc2ccccc2)n1-c1ccc(Cl)c(Cl)c1. The van der Waals surface area contributed by atoms with Gasteiger partial charge in [0.05, 0.1) is 15.7 Å². The molecule has 0 saturated carbocycles. The Balaban J connectivity index is 1.68. The Hall–Kier alpha value is -2.06. The number of carbonyl (C=O) groups is 1. The summed E-state index contributed by atoms with van der Waals surface area (Å²) in [5.74, 6) is 1.65. The van der Waals surface area contributed by atoms with Gasteiger partial charge in [-0.1, -0.05) is 65.3 Å². The zero-order valence-corrected chi connectivity index (χ0v) is 20.6. The number of carbonyl (C=O) groups excluding carboxylic acids is 1. The van der Waals surface area contributed by atoms with E-state index in [-0.39, 0.29) is 5.91 Å². The molecule has 1 N–H and O–H groups in total. The van der Waals surface area contributed by atoms with Crippen molar-refractivity contribution >= 4 is 40.9 Å². The number of rotatable bonds is 11. The maximum atomic E-state index is 12.0. The van der Waals surface area contributed by atoms with Gasteiger partial charge in [0.25, 0.3) is 0 Å². The van der Waals surface area contributed by atoms with Gasteiger partial charge < -0.3 is 10.2 Å². The monoisotopic (exact) mass is 491 g/mol. The predicted molar refractivity (Wildman–Crippen MR) is 132 cm³/mol.